The van der Waals surface area contributed by atoms with Crippen LogP contribution in [-0.4, -0.2) is 43.2 Å². The van der Waals surface area contributed by atoms with Gasteiger partial charge in [-0.1, -0.05) is 42.5 Å². The van der Waals surface area contributed by atoms with Crippen molar-refractivity contribution in [3.8, 4) is 11.1 Å². The van der Waals surface area contributed by atoms with E-state index in [0.717, 1.165) is 33.4 Å². The molecule has 3 aromatic rings. The molecule has 5 rings (SSSR count). The van der Waals surface area contributed by atoms with Gasteiger partial charge in [-0.15, -0.1) is 0 Å². The highest BCUT2D eigenvalue weighted by atomic mass is 19.1. The smallest absolute Gasteiger partial charge is 0.339 e. The molecule has 1 unspecified atom stereocenters. The van der Waals surface area contributed by atoms with Gasteiger partial charge in [-0.2, -0.15) is 0 Å². The van der Waals surface area contributed by atoms with Crippen LogP contribution >= 0.6 is 0 Å². The minimum absolute atomic E-state index is 0.116. The summed E-state index contributed by atoms with van der Waals surface area (Å²) in [6.07, 6.45) is 1.26. The van der Waals surface area contributed by atoms with Crippen LogP contribution in [0.4, 0.5) is 4.39 Å². The van der Waals surface area contributed by atoms with E-state index in [0.29, 0.717) is 43.6 Å². The number of esters is 1. The molecule has 0 saturated carbocycles. The van der Waals surface area contributed by atoms with Gasteiger partial charge in [0.15, 0.2) is 0 Å². The van der Waals surface area contributed by atoms with Crippen LogP contribution in [0, 0.1) is 19.7 Å². The van der Waals surface area contributed by atoms with Gasteiger partial charge in [0.2, 0.25) is 5.91 Å². The van der Waals surface area contributed by atoms with Crippen LogP contribution in [0.25, 0.3) is 11.1 Å². The maximum atomic E-state index is 14.3. The molecule has 0 bridgehead atoms. The van der Waals surface area contributed by atoms with Crippen LogP contribution < -0.4 is 10.6 Å². The van der Waals surface area contributed by atoms with Crippen molar-refractivity contribution in [2.75, 3.05) is 26.2 Å². The van der Waals surface area contributed by atoms with Gasteiger partial charge in [0, 0.05) is 31.0 Å². The number of benzene rings is 3. The van der Waals surface area contributed by atoms with Crippen molar-refractivity contribution in [3.63, 3.8) is 0 Å². The number of carbonyl (C=O) groups is 2. The Labute approximate surface area is 215 Å². The average molecular weight is 503 g/mol. The molecule has 1 saturated heterocycles. The van der Waals surface area contributed by atoms with Gasteiger partial charge in [0.05, 0.1) is 5.56 Å². The molecule has 2 atom stereocenters. The van der Waals surface area contributed by atoms with Crippen LogP contribution in [0.1, 0.15) is 50.5 Å². The van der Waals surface area contributed by atoms with Crippen molar-refractivity contribution in [3.05, 3.63) is 93.8 Å². The zero-order valence-corrected chi connectivity index (χ0v) is 21.1. The molecule has 3 aromatic carbocycles. The standard InChI is InChI=1S/C30H31FN2O4/c1-18-13-21(23-6-4-3-5-20(23)9-11-33-28(35)17-34)7-8-22(18)26-16-32-12-10-30(26)25-14-19(2)27(31)15-24(25)29(36)37-30/h3-8,13-15,26,32,34H,9-12,16-17H2,1-2H3,(H,33,35)/t26?,30-/m0/s1. The van der Waals surface area contributed by atoms with Crippen molar-refractivity contribution >= 4 is 11.9 Å². The Balaban J connectivity index is 1.49. The Bertz CT molecular complexity index is 1370. The first kappa shape index (κ1) is 25.1. The number of rotatable bonds is 6. The van der Waals surface area contributed by atoms with Gasteiger partial charge in [0.1, 0.15) is 18.0 Å². The Morgan fingerprint density at radius 3 is 2.73 bits per heavy atom. The maximum Gasteiger partial charge on any atom is 0.339 e. The number of carbonyl (C=O) groups excluding carboxylic acids is 2. The SMILES string of the molecule is Cc1cc2c(cc1F)C(=O)O[C@@]21CCNCC1c1ccc(-c2ccccc2CCNC(=O)CO)cc1C. The quantitative estimate of drug-likeness (QED) is 0.445. The van der Waals surface area contributed by atoms with Gasteiger partial charge in [-0.25, -0.2) is 9.18 Å². The zero-order valence-electron chi connectivity index (χ0n) is 21.1. The first-order chi connectivity index (χ1) is 17.8. The van der Waals surface area contributed by atoms with Crippen LogP contribution in [0.15, 0.2) is 54.6 Å². The molecule has 0 aromatic heterocycles. The van der Waals surface area contributed by atoms with Crippen molar-refractivity contribution in [2.45, 2.75) is 38.2 Å². The highest BCUT2D eigenvalue weighted by molar-refractivity contribution is 5.95. The number of ether oxygens (including phenoxy) is 1. The van der Waals surface area contributed by atoms with Gasteiger partial charge in [-0.3, -0.25) is 4.79 Å². The van der Waals surface area contributed by atoms with Gasteiger partial charge in [-0.05, 0) is 72.3 Å². The molecular weight excluding hydrogens is 471 g/mol. The molecule has 1 spiro atoms. The van der Waals surface area contributed by atoms with Crippen LogP contribution in [0.5, 0.6) is 0 Å². The van der Waals surface area contributed by atoms with E-state index in [-0.39, 0.29) is 11.8 Å². The number of nitrogens with one attached hydrogen (secondary N) is 2. The van der Waals surface area contributed by atoms with E-state index < -0.39 is 24.0 Å². The van der Waals surface area contributed by atoms with E-state index in [1.165, 1.54) is 6.07 Å². The average Bonchev–Trinajstić information content (AvgIpc) is 3.15. The summed E-state index contributed by atoms with van der Waals surface area (Å²) in [4.78, 5) is 24.3. The Morgan fingerprint density at radius 2 is 1.95 bits per heavy atom. The molecule has 192 valence electrons. The monoisotopic (exact) mass is 502 g/mol. The van der Waals surface area contributed by atoms with E-state index in [4.69, 9.17) is 9.84 Å². The number of aliphatic hydroxyl groups is 1. The second kappa shape index (κ2) is 10.1. The van der Waals surface area contributed by atoms with Crippen molar-refractivity contribution in [2.24, 2.45) is 0 Å². The molecule has 6 nitrogen and oxygen atoms in total. The highest BCUT2D eigenvalue weighted by Crippen LogP contribution is 2.51. The normalized spacial score (nSPS) is 20.5. The third kappa shape index (κ3) is 4.54. The molecule has 0 radical (unpaired) electrons. The fourth-order valence-electron chi connectivity index (χ4n) is 5.79. The molecule has 3 N–H and O–H groups in total. The lowest BCUT2D eigenvalue weighted by atomic mass is 9.71. The van der Waals surface area contributed by atoms with Crippen molar-refractivity contribution < 1.29 is 23.8 Å². The van der Waals surface area contributed by atoms with Crippen LogP contribution in [0.2, 0.25) is 0 Å². The fourth-order valence-corrected chi connectivity index (χ4v) is 5.79. The minimum atomic E-state index is -0.828. The number of aryl methyl sites for hydroxylation is 2. The molecule has 0 aliphatic carbocycles. The van der Waals surface area contributed by atoms with Gasteiger partial charge in [0.25, 0.3) is 0 Å². The number of amides is 1. The summed E-state index contributed by atoms with van der Waals surface area (Å²) in [6.45, 7) is 5.05. The molecule has 1 amide bonds. The summed E-state index contributed by atoms with van der Waals surface area (Å²) in [7, 11) is 0. The third-order valence-electron chi connectivity index (χ3n) is 7.67. The van der Waals surface area contributed by atoms with E-state index >= 15 is 0 Å². The summed E-state index contributed by atoms with van der Waals surface area (Å²) in [5.74, 6) is -1.36. The predicted molar refractivity (Wildman–Crippen MR) is 139 cm³/mol. The van der Waals surface area contributed by atoms with Gasteiger partial charge >= 0.3 is 5.97 Å². The number of hydrogen-bond donors (Lipinski definition) is 3. The first-order valence-electron chi connectivity index (χ1n) is 12.6. The Kier molecular flexibility index (Phi) is 6.84. The van der Waals surface area contributed by atoms with E-state index in [1.54, 1.807) is 13.0 Å². The lowest BCUT2D eigenvalue weighted by Gasteiger charge is -2.42. The summed E-state index contributed by atoms with van der Waals surface area (Å²) in [6, 6.07) is 17.5. The molecule has 2 aliphatic heterocycles. The largest absolute Gasteiger partial charge is 0.450 e. The van der Waals surface area contributed by atoms with E-state index in [2.05, 4.69) is 41.8 Å². The van der Waals surface area contributed by atoms with E-state index in [9.17, 15) is 14.0 Å². The second-order valence-electron chi connectivity index (χ2n) is 9.92. The second-order valence-corrected chi connectivity index (χ2v) is 9.92. The predicted octanol–water partition coefficient (Wildman–Crippen LogP) is 3.90. The summed E-state index contributed by atoms with van der Waals surface area (Å²) >= 11 is 0. The topological polar surface area (TPSA) is 87.7 Å². The molecule has 1 fully saturated rings. The zero-order chi connectivity index (χ0) is 26.2. The van der Waals surface area contributed by atoms with E-state index in [1.807, 2.05) is 18.2 Å². The number of fused-ring (bicyclic) bond motifs is 2. The third-order valence-corrected chi connectivity index (χ3v) is 7.67. The first-order valence-corrected chi connectivity index (χ1v) is 12.6. The number of aliphatic hydroxyl groups excluding tert-OH is 1. The molecular formula is C30H31FN2O4. The lowest BCUT2D eigenvalue weighted by Crippen LogP contribution is -2.47. The number of halogens is 1. The lowest BCUT2D eigenvalue weighted by molar-refractivity contribution is -0.123. The van der Waals surface area contributed by atoms with Crippen LogP contribution in [0.3, 0.4) is 0 Å². The van der Waals surface area contributed by atoms with Crippen LogP contribution in [-0.2, 0) is 21.6 Å². The van der Waals surface area contributed by atoms with Crippen molar-refractivity contribution in [1.29, 1.82) is 0 Å². The van der Waals surface area contributed by atoms with Crippen molar-refractivity contribution in [1.82, 2.24) is 10.6 Å². The minimum Gasteiger partial charge on any atom is -0.450 e. The highest BCUT2D eigenvalue weighted by Gasteiger charge is 2.53. The Hall–Kier alpha value is -3.55. The summed E-state index contributed by atoms with van der Waals surface area (Å²) in [5, 5.41) is 15.1. The maximum absolute atomic E-state index is 14.3. The number of hydrogen-bond acceptors (Lipinski definition) is 5. The summed E-state index contributed by atoms with van der Waals surface area (Å²) in [5.41, 5.74) is 6.19. The fraction of sp³-hybridized carbons (Fsp3) is 0.333. The molecule has 2 aliphatic rings. The Morgan fingerprint density at radius 1 is 1.14 bits per heavy atom. The molecule has 37 heavy (non-hydrogen) atoms. The molecule has 2 heterocycles. The van der Waals surface area contributed by atoms with Gasteiger partial charge < -0.3 is 20.5 Å². The summed E-state index contributed by atoms with van der Waals surface area (Å²) < 4.78 is 20.4. The molecule has 7 heteroatoms. The number of piperidine rings is 1.